The van der Waals surface area contributed by atoms with Crippen molar-refractivity contribution in [1.82, 2.24) is 5.32 Å². The van der Waals surface area contributed by atoms with Crippen molar-refractivity contribution in [1.29, 1.82) is 0 Å². The van der Waals surface area contributed by atoms with Gasteiger partial charge in [0.1, 0.15) is 0 Å². The predicted octanol–water partition coefficient (Wildman–Crippen LogP) is 2.83. The first kappa shape index (κ1) is 15.5. The first-order chi connectivity index (χ1) is 8.48. The molecule has 106 valence electrons. The van der Waals surface area contributed by atoms with Crippen molar-refractivity contribution >= 4 is 5.91 Å². The van der Waals surface area contributed by atoms with Gasteiger partial charge in [-0.15, -0.1) is 0 Å². The molecule has 0 aliphatic heterocycles. The quantitative estimate of drug-likeness (QED) is 0.792. The van der Waals surface area contributed by atoms with Crippen LogP contribution >= 0.6 is 0 Å². The van der Waals surface area contributed by atoms with E-state index in [1.165, 1.54) is 0 Å². The molecule has 1 rings (SSSR count). The Morgan fingerprint density at radius 2 is 1.78 bits per heavy atom. The Hall–Kier alpha value is -0.570. The normalized spacial score (nSPS) is 29.1. The van der Waals surface area contributed by atoms with Gasteiger partial charge in [0.15, 0.2) is 0 Å². The maximum absolute atomic E-state index is 12.5. The van der Waals surface area contributed by atoms with E-state index in [2.05, 4.69) is 33.0 Å². The van der Waals surface area contributed by atoms with E-state index in [1.807, 2.05) is 0 Å². The molecule has 0 aromatic rings. The number of carbonyl (C=O) groups is 1. The van der Waals surface area contributed by atoms with Gasteiger partial charge in [-0.1, -0.05) is 27.7 Å². The molecule has 1 aliphatic rings. The Balaban J connectivity index is 2.64. The summed E-state index contributed by atoms with van der Waals surface area (Å²) in [6.45, 7) is 8.64. The molecule has 3 heteroatoms. The summed E-state index contributed by atoms with van der Waals surface area (Å²) in [5, 5.41) is 3.31. The van der Waals surface area contributed by atoms with E-state index >= 15 is 0 Å². The average Bonchev–Trinajstić information content (AvgIpc) is 2.36. The molecular weight excluding hydrogens is 224 g/mol. The van der Waals surface area contributed by atoms with Crippen molar-refractivity contribution in [3.63, 3.8) is 0 Å². The van der Waals surface area contributed by atoms with Crippen LogP contribution in [-0.4, -0.2) is 17.5 Å². The van der Waals surface area contributed by atoms with Crippen molar-refractivity contribution in [2.75, 3.05) is 0 Å². The third kappa shape index (κ3) is 3.47. The van der Waals surface area contributed by atoms with Gasteiger partial charge < -0.3 is 11.1 Å². The van der Waals surface area contributed by atoms with Crippen LogP contribution in [0.5, 0.6) is 0 Å². The zero-order valence-electron chi connectivity index (χ0n) is 12.5. The molecule has 0 bridgehead atoms. The zero-order chi connectivity index (χ0) is 13.8. The van der Waals surface area contributed by atoms with Gasteiger partial charge >= 0.3 is 0 Å². The molecule has 0 aromatic carbocycles. The number of carbonyl (C=O) groups excluding carboxylic acids is 1. The number of rotatable bonds is 5. The second kappa shape index (κ2) is 6.55. The second-order valence-electron chi connectivity index (χ2n) is 5.99. The Kier molecular flexibility index (Phi) is 5.64. The average molecular weight is 254 g/mol. The van der Waals surface area contributed by atoms with Crippen LogP contribution in [0.2, 0.25) is 0 Å². The molecule has 1 amide bonds. The SMILES string of the molecule is CCC(CC)(CC)NC(=O)C1CCC(N)CC1C. The van der Waals surface area contributed by atoms with Gasteiger partial charge in [0.05, 0.1) is 0 Å². The third-order valence-electron chi connectivity index (χ3n) is 4.97. The lowest BCUT2D eigenvalue weighted by molar-refractivity contribution is -0.129. The van der Waals surface area contributed by atoms with Crippen molar-refractivity contribution in [3.05, 3.63) is 0 Å². The summed E-state index contributed by atoms with van der Waals surface area (Å²) in [6, 6.07) is 0.289. The highest BCUT2D eigenvalue weighted by Crippen LogP contribution is 2.30. The van der Waals surface area contributed by atoms with Crippen molar-refractivity contribution in [3.8, 4) is 0 Å². The molecule has 0 spiro atoms. The molecule has 1 fully saturated rings. The Morgan fingerprint density at radius 3 is 2.22 bits per heavy atom. The van der Waals surface area contributed by atoms with Gasteiger partial charge in [-0.2, -0.15) is 0 Å². The van der Waals surface area contributed by atoms with E-state index in [1.54, 1.807) is 0 Å². The van der Waals surface area contributed by atoms with E-state index in [-0.39, 0.29) is 23.4 Å². The van der Waals surface area contributed by atoms with E-state index < -0.39 is 0 Å². The predicted molar refractivity (Wildman–Crippen MR) is 76.2 cm³/mol. The van der Waals surface area contributed by atoms with Crippen molar-refractivity contribution < 1.29 is 4.79 Å². The minimum absolute atomic E-state index is 0.00360. The molecule has 1 saturated carbocycles. The zero-order valence-corrected chi connectivity index (χ0v) is 12.5. The standard InChI is InChI=1S/C15H30N2O/c1-5-15(6-2,7-3)17-14(18)13-9-8-12(16)10-11(13)4/h11-13H,5-10,16H2,1-4H3,(H,17,18). The van der Waals surface area contributed by atoms with Crippen LogP contribution in [0.15, 0.2) is 0 Å². The van der Waals surface area contributed by atoms with Gasteiger partial charge in [-0.05, 0) is 44.4 Å². The second-order valence-corrected chi connectivity index (χ2v) is 5.99. The summed E-state index contributed by atoms with van der Waals surface area (Å²) in [7, 11) is 0. The summed E-state index contributed by atoms with van der Waals surface area (Å²) in [5.41, 5.74) is 5.96. The fourth-order valence-corrected chi connectivity index (χ4v) is 3.20. The van der Waals surface area contributed by atoms with Crippen LogP contribution in [0.4, 0.5) is 0 Å². The molecule has 3 N–H and O–H groups in total. The molecule has 3 atom stereocenters. The van der Waals surface area contributed by atoms with Gasteiger partial charge in [0.25, 0.3) is 0 Å². The molecule has 0 heterocycles. The number of hydrogen-bond donors (Lipinski definition) is 2. The van der Waals surface area contributed by atoms with Gasteiger partial charge in [0, 0.05) is 17.5 Å². The summed E-state index contributed by atoms with van der Waals surface area (Å²) in [4.78, 5) is 12.5. The van der Waals surface area contributed by atoms with Crippen LogP contribution in [-0.2, 0) is 4.79 Å². The lowest BCUT2D eigenvalue weighted by Crippen LogP contribution is -2.51. The fourth-order valence-electron chi connectivity index (χ4n) is 3.20. The number of amides is 1. The Labute approximate surface area is 112 Å². The van der Waals surface area contributed by atoms with Crippen LogP contribution in [0.25, 0.3) is 0 Å². The van der Waals surface area contributed by atoms with Crippen LogP contribution in [0, 0.1) is 11.8 Å². The van der Waals surface area contributed by atoms with E-state index in [4.69, 9.17) is 5.73 Å². The highest BCUT2D eigenvalue weighted by Gasteiger charge is 2.34. The summed E-state index contributed by atoms with van der Waals surface area (Å²) in [5.74, 6) is 0.825. The Morgan fingerprint density at radius 1 is 1.22 bits per heavy atom. The molecule has 18 heavy (non-hydrogen) atoms. The first-order valence-corrected chi connectivity index (χ1v) is 7.55. The fraction of sp³-hybridized carbons (Fsp3) is 0.933. The van der Waals surface area contributed by atoms with Gasteiger partial charge in [-0.3, -0.25) is 4.79 Å². The topological polar surface area (TPSA) is 55.1 Å². The van der Waals surface area contributed by atoms with Gasteiger partial charge in [0.2, 0.25) is 5.91 Å². The third-order valence-corrected chi connectivity index (χ3v) is 4.97. The molecular formula is C15H30N2O. The lowest BCUT2D eigenvalue weighted by atomic mass is 9.77. The van der Waals surface area contributed by atoms with Gasteiger partial charge in [-0.25, -0.2) is 0 Å². The maximum atomic E-state index is 12.5. The van der Waals surface area contributed by atoms with Crippen LogP contribution in [0.3, 0.4) is 0 Å². The Bertz CT molecular complexity index is 265. The van der Waals surface area contributed by atoms with Crippen molar-refractivity contribution in [2.24, 2.45) is 17.6 Å². The molecule has 1 aliphatic carbocycles. The molecule has 0 saturated heterocycles. The maximum Gasteiger partial charge on any atom is 0.223 e. The summed E-state index contributed by atoms with van der Waals surface area (Å²) < 4.78 is 0. The van der Waals surface area contributed by atoms with Crippen LogP contribution in [0.1, 0.15) is 66.2 Å². The summed E-state index contributed by atoms with van der Waals surface area (Å²) >= 11 is 0. The molecule has 0 radical (unpaired) electrons. The van der Waals surface area contributed by atoms with E-state index in [0.29, 0.717) is 5.92 Å². The smallest absolute Gasteiger partial charge is 0.223 e. The molecule has 0 aromatic heterocycles. The molecule has 3 unspecified atom stereocenters. The van der Waals surface area contributed by atoms with Crippen molar-refractivity contribution in [2.45, 2.75) is 77.8 Å². The van der Waals surface area contributed by atoms with E-state index in [0.717, 1.165) is 38.5 Å². The molecule has 3 nitrogen and oxygen atoms in total. The number of nitrogens with one attached hydrogen (secondary N) is 1. The van der Waals surface area contributed by atoms with Crippen LogP contribution < -0.4 is 11.1 Å². The van der Waals surface area contributed by atoms with E-state index in [9.17, 15) is 4.79 Å². The minimum Gasteiger partial charge on any atom is -0.350 e. The lowest BCUT2D eigenvalue weighted by Gasteiger charge is -2.37. The first-order valence-electron chi connectivity index (χ1n) is 7.55. The minimum atomic E-state index is -0.00360. The number of nitrogens with two attached hydrogens (primary N) is 1. The largest absolute Gasteiger partial charge is 0.350 e. The highest BCUT2D eigenvalue weighted by atomic mass is 16.2. The number of hydrogen-bond acceptors (Lipinski definition) is 2. The summed E-state index contributed by atoms with van der Waals surface area (Å²) in [6.07, 6.45) is 5.93. The monoisotopic (exact) mass is 254 g/mol. The highest BCUT2D eigenvalue weighted by molar-refractivity contribution is 5.79.